The van der Waals surface area contributed by atoms with Crippen LogP contribution in [0.25, 0.3) is 0 Å². The first kappa shape index (κ1) is 11.7. The summed E-state index contributed by atoms with van der Waals surface area (Å²) in [6.07, 6.45) is 2.95. The van der Waals surface area contributed by atoms with Gasteiger partial charge in [0.2, 0.25) is 0 Å². The molecule has 0 radical (unpaired) electrons. The summed E-state index contributed by atoms with van der Waals surface area (Å²) in [6.45, 7) is 7.43. The molecule has 0 amide bonds. The van der Waals surface area contributed by atoms with Gasteiger partial charge in [0, 0.05) is 10.9 Å². The smallest absolute Gasteiger partial charge is 0.114 e. The van der Waals surface area contributed by atoms with Crippen molar-refractivity contribution in [1.82, 2.24) is 5.32 Å². The highest BCUT2D eigenvalue weighted by atomic mass is 32.2. The van der Waals surface area contributed by atoms with Crippen LogP contribution in [0.3, 0.4) is 0 Å². The lowest BCUT2D eigenvalue weighted by Gasteiger charge is -2.10. The summed E-state index contributed by atoms with van der Waals surface area (Å²) in [5.41, 5.74) is 0. The molecule has 14 heavy (non-hydrogen) atoms. The van der Waals surface area contributed by atoms with Crippen molar-refractivity contribution < 1.29 is 4.42 Å². The number of rotatable bonds is 6. The Balaban J connectivity index is 2.19. The van der Waals surface area contributed by atoms with Crippen LogP contribution in [0.2, 0.25) is 0 Å². The van der Waals surface area contributed by atoms with Gasteiger partial charge in [0.1, 0.15) is 5.76 Å². The van der Waals surface area contributed by atoms with Gasteiger partial charge in [-0.2, -0.15) is 0 Å². The van der Waals surface area contributed by atoms with Crippen molar-refractivity contribution in [2.45, 2.75) is 38.1 Å². The molecule has 0 saturated carbocycles. The Kier molecular flexibility index (Phi) is 5.12. The molecule has 1 aromatic heterocycles. The first-order valence-electron chi connectivity index (χ1n) is 5.14. The molecule has 0 aliphatic heterocycles. The van der Waals surface area contributed by atoms with Crippen LogP contribution in [0, 0.1) is 6.92 Å². The van der Waals surface area contributed by atoms with E-state index in [1.165, 1.54) is 11.3 Å². The van der Waals surface area contributed by atoms with Gasteiger partial charge in [-0.05, 0) is 38.6 Å². The maximum atomic E-state index is 5.23. The Hall–Kier alpha value is -0.410. The lowest BCUT2D eigenvalue weighted by molar-refractivity contribution is 0.526. The fraction of sp³-hybridized carbons (Fsp3) is 0.636. The standard InChI is InChI=1S/C11H19NOS/c1-4-12-9(2)6-8-14-11-5-7-13-10(11)3/h5,7,9,12H,4,6,8H2,1-3H3. The third-order valence-electron chi connectivity index (χ3n) is 2.17. The molecule has 1 unspecified atom stereocenters. The molecule has 0 bridgehead atoms. The molecule has 0 aliphatic rings. The zero-order valence-electron chi connectivity index (χ0n) is 9.17. The molecule has 80 valence electrons. The van der Waals surface area contributed by atoms with Crippen molar-refractivity contribution in [3.63, 3.8) is 0 Å². The van der Waals surface area contributed by atoms with Crippen molar-refractivity contribution in [3.8, 4) is 0 Å². The van der Waals surface area contributed by atoms with E-state index in [4.69, 9.17) is 4.42 Å². The van der Waals surface area contributed by atoms with Gasteiger partial charge in [0.25, 0.3) is 0 Å². The van der Waals surface area contributed by atoms with Gasteiger partial charge in [-0.1, -0.05) is 6.92 Å². The largest absolute Gasteiger partial charge is 0.468 e. The van der Waals surface area contributed by atoms with Crippen molar-refractivity contribution in [1.29, 1.82) is 0 Å². The summed E-state index contributed by atoms with van der Waals surface area (Å²) >= 11 is 1.87. The molecule has 0 fully saturated rings. The van der Waals surface area contributed by atoms with Crippen LogP contribution in [-0.2, 0) is 0 Å². The van der Waals surface area contributed by atoms with Crippen molar-refractivity contribution in [2.24, 2.45) is 0 Å². The van der Waals surface area contributed by atoms with Gasteiger partial charge in [0.15, 0.2) is 0 Å². The monoisotopic (exact) mass is 213 g/mol. The molecule has 2 nitrogen and oxygen atoms in total. The van der Waals surface area contributed by atoms with Gasteiger partial charge >= 0.3 is 0 Å². The van der Waals surface area contributed by atoms with E-state index in [-0.39, 0.29) is 0 Å². The number of furan rings is 1. The Morgan fingerprint density at radius 1 is 1.57 bits per heavy atom. The molecule has 1 N–H and O–H groups in total. The predicted octanol–water partition coefficient (Wildman–Crippen LogP) is 3.07. The second kappa shape index (κ2) is 6.14. The average molecular weight is 213 g/mol. The van der Waals surface area contributed by atoms with E-state index in [9.17, 15) is 0 Å². The number of hydrogen-bond donors (Lipinski definition) is 1. The quantitative estimate of drug-likeness (QED) is 0.735. The Morgan fingerprint density at radius 3 is 2.93 bits per heavy atom. The fourth-order valence-electron chi connectivity index (χ4n) is 1.32. The van der Waals surface area contributed by atoms with Gasteiger partial charge in [0.05, 0.1) is 6.26 Å². The molecule has 0 spiro atoms. The van der Waals surface area contributed by atoms with Crippen LogP contribution >= 0.6 is 11.8 Å². The SMILES string of the molecule is CCNC(C)CCSc1ccoc1C. The third kappa shape index (κ3) is 3.76. The molecule has 0 aliphatic carbocycles. The molecule has 0 aromatic carbocycles. The highest BCUT2D eigenvalue weighted by Gasteiger charge is 2.03. The Morgan fingerprint density at radius 2 is 2.36 bits per heavy atom. The lowest BCUT2D eigenvalue weighted by atomic mass is 10.3. The second-order valence-electron chi connectivity index (χ2n) is 3.44. The van der Waals surface area contributed by atoms with Crippen LogP contribution in [0.15, 0.2) is 21.6 Å². The van der Waals surface area contributed by atoms with Gasteiger partial charge in [-0.25, -0.2) is 0 Å². The number of thioether (sulfide) groups is 1. The third-order valence-corrected chi connectivity index (χ3v) is 3.35. The number of aryl methyl sites for hydroxylation is 1. The van der Waals surface area contributed by atoms with E-state index in [0.29, 0.717) is 6.04 Å². The van der Waals surface area contributed by atoms with Crippen molar-refractivity contribution >= 4 is 11.8 Å². The summed E-state index contributed by atoms with van der Waals surface area (Å²) < 4.78 is 5.23. The minimum absolute atomic E-state index is 0.611. The number of nitrogens with one attached hydrogen (secondary N) is 1. The van der Waals surface area contributed by atoms with Gasteiger partial charge in [-0.3, -0.25) is 0 Å². The Labute approximate surface area is 90.5 Å². The van der Waals surface area contributed by atoms with E-state index in [1.54, 1.807) is 6.26 Å². The zero-order chi connectivity index (χ0) is 10.4. The Bertz CT molecular complexity index is 260. The van der Waals surface area contributed by atoms with E-state index >= 15 is 0 Å². The first-order valence-corrected chi connectivity index (χ1v) is 6.13. The van der Waals surface area contributed by atoms with E-state index in [1.807, 2.05) is 24.8 Å². The summed E-state index contributed by atoms with van der Waals surface area (Å²) in [4.78, 5) is 1.27. The molecular formula is C11H19NOS. The second-order valence-corrected chi connectivity index (χ2v) is 4.57. The van der Waals surface area contributed by atoms with Crippen molar-refractivity contribution in [2.75, 3.05) is 12.3 Å². The molecule has 0 saturated heterocycles. The van der Waals surface area contributed by atoms with Gasteiger partial charge in [-0.15, -0.1) is 11.8 Å². The minimum Gasteiger partial charge on any atom is -0.468 e. The van der Waals surface area contributed by atoms with Crippen LogP contribution in [0.5, 0.6) is 0 Å². The summed E-state index contributed by atoms with van der Waals surface area (Å²) in [6, 6.07) is 2.65. The van der Waals surface area contributed by atoms with Crippen LogP contribution in [0.1, 0.15) is 26.0 Å². The number of hydrogen-bond acceptors (Lipinski definition) is 3. The molecule has 1 rings (SSSR count). The average Bonchev–Trinajstić information content (AvgIpc) is 2.52. The van der Waals surface area contributed by atoms with Gasteiger partial charge < -0.3 is 9.73 Å². The molecular weight excluding hydrogens is 194 g/mol. The molecule has 1 aromatic rings. The van der Waals surface area contributed by atoms with Crippen LogP contribution < -0.4 is 5.32 Å². The normalized spacial score (nSPS) is 13.1. The van der Waals surface area contributed by atoms with E-state index < -0.39 is 0 Å². The summed E-state index contributed by atoms with van der Waals surface area (Å²) in [5, 5.41) is 3.40. The van der Waals surface area contributed by atoms with E-state index in [2.05, 4.69) is 19.2 Å². The van der Waals surface area contributed by atoms with Crippen LogP contribution in [-0.4, -0.2) is 18.3 Å². The molecule has 1 atom stereocenters. The topological polar surface area (TPSA) is 25.2 Å². The highest BCUT2D eigenvalue weighted by Crippen LogP contribution is 2.23. The highest BCUT2D eigenvalue weighted by molar-refractivity contribution is 7.99. The summed E-state index contributed by atoms with van der Waals surface area (Å²) in [7, 11) is 0. The lowest BCUT2D eigenvalue weighted by Crippen LogP contribution is -2.25. The summed E-state index contributed by atoms with van der Waals surface area (Å²) in [5.74, 6) is 2.18. The predicted molar refractivity (Wildman–Crippen MR) is 61.9 cm³/mol. The maximum absolute atomic E-state index is 5.23. The van der Waals surface area contributed by atoms with Crippen molar-refractivity contribution in [3.05, 3.63) is 18.1 Å². The minimum atomic E-state index is 0.611. The maximum Gasteiger partial charge on any atom is 0.114 e. The molecule has 3 heteroatoms. The van der Waals surface area contributed by atoms with Crippen LogP contribution in [0.4, 0.5) is 0 Å². The fourth-order valence-corrected chi connectivity index (χ4v) is 2.41. The first-order chi connectivity index (χ1) is 6.74. The zero-order valence-corrected chi connectivity index (χ0v) is 9.99. The van der Waals surface area contributed by atoms with E-state index in [0.717, 1.165) is 18.1 Å². The molecule has 1 heterocycles.